The summed E-state index contributed by atoms with van der Waals surface area (Å²) in [6, 6.07) is 14.8. The Kier molecular flexibility index (Phi) is 8.03. The Balaban J connectivity index is 1.07. The average Bonchev–Trinajstić information content (AvgIpc) is 3.38. The lowest BCUT2D eigenvalue weighted by Crippen LogP contribution is -2.31. The summed E-state index contributed by atoms with van der Waals surface area (Å²) in [6.45, 7) is 8.31. The van der Waals surface area contributed by atoms with E-state index in [0.717, 1.165) is 60.4 Å². The van der Waals surface area contributed by atoms with Gasteiger partial charge in [-0.15, -0.1) is 0 Å². The van der Waals surface area contributed by atoms with Crippen molar-refractivity contribution in [1.29, 1.82) is 10.8 Å². The molecule has 8 nitrogen and oxygen atoms in total. The second-order valence-electron chi connectivity index (χ2n) is 9.32. The molecule has 34 heavy (non-hydrogen) atoms. The number of nitrogen functional groups attached to an aromatic ring is 2. The predicted octanol–water partition coefficient (Wildman–Crippen LogP) is 2.36. The third-order valence-corrected chi connectivity index (χ3v) is 6.74. The maximum atomic E-state index is 7.44. The van der Waals surface area contributed by atoms with Gasteiger partial charge in [-0.05, 0) is 73.2 Å². The summed E-state index contributed by atoms with van der Waals surface area (Å²) in [6.07, 6.45) is 2.03. The summed E-state index contributed by atoms with van der Waals surface area (Å²) in [7, 11) is 0. The number of fused-ring (bicyclic) bond motifs is 1. The highest BCUT2D eigenvalue weighted by Gasteiger charge is 2.39. The number of hydrogen-bond donors (Lipinski definition) is 4. The highest BCUT2D eigenvalue weighted by atomic mass is 16.5. The van der Waals surface area contributed by atoms with Crippen LogP contribution in [-0.2, 0) is 0 Å². The Morgan fingerprint density at radius 2 is 1.03 bits per heavy atom. The lowest BCUT2D eigenvalue weighted by molar-refractivity contribution is 0.221. The molecule has 2 aromatic rings. The summed E-state index contributed by atoms with van der Waals surface area (Å²) in [4.78, 5) is 5.17. The zero-order valence-corrected chi connectivity index (χ0v) is 19.7. The summed E-state index contributed by atoms with van der Waals surface area (Å²) in [5.41, 5.74) is 12.4. The van der Waals surface area contributed by atoms with Crippen LogP contribution in [0.4, 0.5) is 0 Å². The molecule has 2 aliphatic heterocycles. The predicted molar refractivity (Wildman–Crippen MR) is 135 cm³/mol. The fourth-order valence-corrected chi connectivity index (χ4v) is 4.97. The quantitative estimate of drug-likeness (QED) is 0.217. The Morgan fingerprint density at radius 3 is 1.35 bits per heavy atom. The molecular weight excluding hydrogens is 428 g/mol. The van der Waals surface area contributed by atoms with Gasteiger partial charge in [-0.3, -0.25) is 10.8 Å². The minimum Gasteiger partial charge on any atom is -0.494 e. The number of nitrogens with zero attached hydrogens (tertiary/aromatic N) is 2. The minimum atomic E-state index is 0.0790. The third kappa shape index (κ3) is 6.48. The number of nitrogens with one attached hydrogen (secondary N) is 2. The molecule has 0 saturated carbocycles. The maximum Gasteiger partial charge on any atom is 0.122 e. The van der Waals surface area contributed by atoms with Crippen LogP contribution < -0.4 is 20.9 Å². The zero-order valence-electron chi connectivity index (χ0n) is 19.7. The molecule has 2 heterocycles. The molecule has 0 atom stereocenters. The number of nitrogens with two attached hydrogens (primary N) is 2. The molecule has 182 valence electrons. The van der Waals surface area contributed by atoms with Crippen LogP contribution in [0.2, 0.25) is 0 Å². The normalized spacial score (nSPS) is 20.2. The lowest BCUT2D eigenvalue weighted by Gasteiger charge is -2.21. The summed E-state index contributed by atoms with van der Waals surface area (Å²) in [5.74, 6) is 3.37. The van der Waals surface area contributed by atoms with Gasteiger partial charge in [0.05, 0.1) is 13.2 Å². The fourth-order valence-electron chi connectivity index (χ4n) is 4.97. The van der Waals surface area contributed by atoms with E-state index in [0.29, 0.717) is 13.2 Å². The van der Waals surface area contributed by atoms with Gasteiger partial charge in [0.25, 0.3) is 0 Å². The van der Waals surface area contributed by atoms with Gasteiger partial charge >= 0.3 is 0 Å². The molecule has 0 aliphatic carbocycles. The number of rotatable bonds is 12. The van der Waals surface area contributed by atoms with Gasteiger partial charge in [-0.25, -0.2) is 0 Å². The van der Waals surface area contributed by atoms with Crippen molar-refractivity contribution in [2.75, 3.05) is 52.5 Å². The van der Waals surface area contributed by atoms with Crippen LogP contribution >= 0.6 is 0 Å². The second-order valence-corrected chi connectivity index (χ2v) is 9.32. The van der Waals surface area contributed by atoms with Crippen LogP contribution in [0.5, 0.6) is 11.5 Å². The van der Waals surface area contributed by atoms with E-state index in [2.05, 4.69) is 9.80 Å². The second kappa shape index (κ2) is 11.4. The number of hydrogen-bond acceptors (Lipinski definition) is 6. The SMILES string of the molecule is N=C(N)c1ccc(OCCCN2CC3CN(CCCOc4ccc(C(=N)N)cc4)CC3C2)cc1. The molecule has 0 aromatic heterocycles. The molecule has 2 saturated heterocycles. The molecule has 8 heteroatoms. The number of ether oxygens (including phenoxy) is 2. The van der Waals surface area contributed by atoms with E-state index in [1.165, 1.54) is 26.2 Å². The van der Waals surface area contributed by atoms with Gasteiger partial charge in [0.1, 0.15) is 23.2 Å². The Morgan fingerprint density at radius 1 is 0.676 bits per heavy atom. The van der Waals surface area contributed by atoms with Crippen molar-refractivity contribution in [2.45, 2.75) is 12.8 Å². The first-order valence-electron chi connectivity index (χ1n) is 12.1. The molecule has 0 amide bonds. The zero-order chi connectivity index (χ0) is 23.9. The first-order chi connectivity index (χ1) is 16.5. The summed E-state index contributed by atoms with van der Waals surface area (Å²) in [5, 5.41) is 14.9. The van der Waals surface area contributed by atoms with Crippen molar-refractivity contribution >= 4 is 11.7 Å². The number of benzene rings is 2. The van der Waals surface area contributed by atoms with E-state index in [9.17, 15) is 0 Å². The number of amidine groups is 2. The molecule has 0 bridgehead atoms. The van der Waals surface area contributed by atoms with Crippen molar-refractivity contribution < 1.29 is 9.47 Å². The largest absolute Gasteiger partial charge is 0.494 e. The van der Waals surface area contributed by atoms with Crippen molar-refractivity contribution in [3.8, 4) is 11.5 Å². The van der Waals surface area contributed by atoms with Crippen LogP contribution in [0.1, 0.15) is 24.0 Å². The maximum absolute atomic E-state index is 7.44. The van der Waals surface area contributed by atoms with Gasteiger partial charge < -0.3 is 30.7 Å². The van der Waals surface area contributed by atoms with Crippen LogP contribution in [-0.4, -0.2) is 74.0 Å². The van der Waals surface area contributed by atoms with Gasteiger partial charge in [-0.2, -0.15) is 0 Å². The van der Waals surface area contributed by atoms with E-state index >= 15 is 0 Å². The van der Waals surface area contributed by atoms with E-state index in [1.54, 1.807) is 0 Å². The highest BCUT2D eigenvalue weighted by Crippen LogP contribution is 2.31. The molecule has 6 N–H and O–H groups in total. The van der Waals surface area contributed by atoms with E-state index < -0.39 is 0 Å². The Labute approximate surface area is 201 Å². The van der Waals surface area contributed by atoms with Gasteiger partial charge in [0, 0.05) is 50.4 Å². The van der Waals surface area contributed by atoms with Gasteiger partial charge in [0.2, 0.25) is 0 Å². The van der Waals surface area contributed by atoms with E-state index in [4.69, 9.17) is 31.8 Å². The highest BCUT2D eigenvalue weighted by molar-refractivity contribution is 5.95. The summed E-state index contributed by atoms with van der Waals surface area (Å²) < 4.78 is 11.7. The molecule has 2 aliphatic rings. The van der Waals surface area contributed by atoms with Crippen molar-refractivity contribution in [2.24, 2.45) is 23.3 Å². The first kappa shape index (κ1) is 24.0. The molecule has 0 radical (unpaired) electrons. The van der Waals surface area contributed by atoms with E-state index in [-0.39, 0.29) is 11.7 Å². The average molecular weight is 465 g/mol. The van der Waals surface area contributed by atoms with Crippen LogP contribution in [0, 0.1) is 22.7 Å². The van der Waals surface area contributed by atoms with Crippen molar-refractivity contribution in [3.63, 3.8) is 0 Å². The molecule has 0 spiro atoms. The fraction of sp³-hybridized carbons (Fsp3) is 0.462. The standard InChI is InChI=1S/C26H36N6O2/c27-25(28)19-3-7-23(8-4-19)33-13-1-11-31-15-21-17-32(18-22(21)16-31)12-2-14-34-24-9-5-20(6-10-24)26(29)30/h3-10,21-22H,1-2,11-18H2,(H3,27,28)(H3,29,30). The molecule has 2 fully saturated rings. The molecular formula is C26H36N6O2. The van der Waals surface area contributed by atoms with Crippen LogP contribution in [0.3, 0.4) is 0 Å². The lowest BCUT2D eigenvalue weighted by atomic mass is 10.0. The smallest absolute Gasteiger partial charge is 0.122 e. The minimum absolute atomic E-state index is 0.0790. The molecule has 0 unspecified atom stereocenters. The third-order valence-electron chi connectivity index (χ3n) is 6.74. The summed E-state index contributed by atoms with van der Waals surface area (Å²) >= 11 is 0. The Bertz CT molecular complexity index is 871. The molecule has 4 rings (SSSR count). The van der Waals surface area contributed by atoms with Crippen molar-refractivity contribution in [3.05, 3.63) is 59.7 Å². The van der Waals surface area contributed by atoms with E-state index in [1.807, 2.05) is 48.5 Å². The monoisotopic (exact) mass is 464 g/mol. The Hall–Kier alpha value is -3.10. The van der Waals surface area contributed by atoms with Crippen molar-refractivity contribution in [1.82, 2.24) is 9.80 Å². The van der Waals surface area contributed by atoms with Crippen LogP contribution in [0.25, 0.3) is 0 Å². The number of likely N-dealkylation sites (tertiary alicyclic amines) is 2. The van der Waals surface area contributed by atoms with Gasteiger partial charge in [-0.1, -0.05) is 0 Å². The van der Waals surface area contributed by atoms with Gasteiger partial charge in [0.15, 0.2) is 0 Å². The van der Waals surface area contributed by atoms with Crippen LogP contribution in [0.15, 0.2) is 48.5 Å². The first-order valence-corrected chi connectivity index (χ1v) is 12.1. The molecule has 2 aromatic carbocycles. The topological polar surface area (TPSA) is 125 Å².